The zero-order chi connectivity index (χ0) is 12.9. The van der Waals surface area contributed by atoms with Crippen molar-refractivity contribution >= 4 is 17.1 Å². The second-order valence-electron chi connectivity index (χ2n) is 4.72. The number of allylic oxidation sites excluding steroid dienone is 1. The van der Waals surface area contributed by atoms with Gasteiger partial charge < -0.3 is 15.4 Å². The molecular formula is C12H15N5O. The molecule has 0 radical (unpaired) electrons. The first-order valence-corrected chi connectivity index (χ1v) is 5.89. The Labute approximate surface area is 104 Å². The summed E-state index contributed by atoms with van der Waals surface area (Å²) in [5.41, 5.74) is 9.07. The van der Waals surface area contributed by atoms with Crippen molar-refractivity contribution in [2.24, 2.45) is 0 Å². The van der Waals surface area contributed by atoms with Gasteiger partial charge in [-0.2, -0.15) is 4.98 Å². The minimum atomic E-state index is -0.396. The predicted molar refractivity (Wildman–Crippen MR) is 67.9 cm³/mol. The van der Waals surface area contributed by atoms with E-state index in [1.807, 2.05) is 24.5 Å². The second-order valence-corrected chi connectivity index (χ2v) is 4.72. The van der Waals surface area contributed by atoms with Gasteiger partial charge in [0.25, 0.3) is 0 Å². The number of aliphatic hydroxyl groups is 1. The number of hydrogen-bond acceptors (Lipinski definition) is 5. The molecule has 1 aliphatic rings. The molecule has 0 fully saturated rings. The molecule has 0 spiro atoms. The van der Waals surface area contributed by atoms with E-state index in [9.17, 15) is 5.11 Å². The van der Waals surface area contributed by atoms with E-state index in [2.05, 4.69) is 15.0 Å². The summed E-state index contributed by atoms with van der Waals surface area (Å²) >= 11 is 0. The Morgan fingerprint density at radius 2 is 2.17 bits per heavy atom. The van der Waals surface area contributed by atoms with Crippen molar-refractivity contribution in [1.29, 1.82) is 0 Å². The van der Waals surface area contributed by atoms with E-state index in [1.54, 1.807) is 6.33 Å². The minimum Gasteiger partial charge on any atom is -0.389 e. The molecule has 0 amide bonds. The normalized spacial score (nSPS) is 23.6. The highest BCUT2D eigenvalue weighted by molar-refractivity contribution is 5.74. The minimum absolute atomic E-state index is 0.0960. The van der Waals surface area contributed by atoms with Crippen LogP contribution < -0.4 is 5.73 Å². The average Bonchev–Trinajstić information content (AvgIpc) is 2.82. The van der Waals surface area contributed by atoms with Crippen LogP contribution in [0.25, 0.3) is 11.2 Å². The van der Waals surface area contributed by atoms with Gasteiger partial charge in [-0.05, 0) is 13.8 Å². The number of aromatic nitrogens is 4. The molecule has 0 unspecified atom stereocenters. The summed E-state index contributed by atoms with van der Waals surface area (Å²) in [5, 5.41) is 9.68. The zero-order valence-electron chi connectivity index (χ0n) is 10.3. The maximum atomic E-state index is 9.68. The number of rotatable bonds is 1. The van der Waals surface area contributed by atoms with Crippen molar-refractivity contribution in [3.8, 4) is 0 Å². The van der Waals surface area contributed by atoms with Crippen molar-refractivity contribution in [1.82, 2.24) is 19.5 Å². The number of aryl methyl sites for hydroxylation is 1. The molecule has 2 aromatic rings. The lowest BCUT2D eigenvalue weighted by molar-refractivity contribution is 0.211. The number of imidazole rings is 1. The third kappa shape index (κ3) is 1.57. The molecule has 18 heavy (non-hydrogen) atoms. The Kier molecular flexibility index (Phi) is 2.34. The van der Waals surface area contributed by atoms with E-state index in [1.165, 1.54) is 0 Å². The monoisotopic (exact) mass is 245 g/mol. The largest absolute Gasteiger partial charge is 0.389 e. The molecule has 0 saturated carbocycles. The molecular weight excluding hydrogens is 230 g/mol. The van der Waals surface area contributed by atoms with E-state index < -0.39 is 6.10 Å². The van der Waals surface area contributed by atoms with E-state index in [0.717, 1.165) is 22.4 Å². The molecule has 0 bridgehead atoms. The Hall–Kier alpha value is -1.95. The summed E-state index contributed by atoms with van der Waals surface area (Å²) in [4.78, 5) is 12.7. The lowest BCUT2D eigenvalue weighted by atomic mass is 10.1. The summed E-state index contributed by atoms with van der Waals surface area (Å²) in [6, 6.07) is 0.0960. The van der Waals surface area contributed by atoms with Gasteiger partial charge >= 0.3 is 0 Å². The molecule has 2 atom stereocenters. The van der Waals surface area contributed by atoms with Gasteiger partial charge in [-0.1, -0.05) is 11.6 Å². The molecule has 94 valence electrons. The molecule has 6 heteroatoms. The Bertz CT molecular complexity index is 645. The topological polar surface area (TPSA) is 89.8 Å². The first kappa shape index (κ1) is 11.2. The molecule has 0 saturated heterocycles. The van der Waals surface area contributed by atoms with Crippen molar-refractivity contribution in [2.75, 3.05) is 5.73 Å². The third-order valence-corrected chi connectivity index (χ3v) is 3.39. The summed E-state index contributed by atoms with van der Waals surface area (Å²) in [7, 11) is 0. The van der Waals surface area contributed by atoms with Crippen LogP contribution in [0, 0.1) is 6.92 Å². The van der Waals surface area contributed by atoms with E-state index >= 15 is 0 Å². The number of aliphatic hydroxyl groups excluding tert-OH is 1. The van der Waals surface area contributed by atoms with Crippen LogP contribution in [-0.2, 0) is 0 Å². The number of hydrogen-bond donors (Lipinski definition) is 2. The van der Waals surface area contributed by atoms with Crippen molar-refractivity contribution in [2.45, 2.75) is 32.4 Å². The Morgan fingerprint density at radius 1 is 1.39 bits per heavy atom. The highest BCUT2D eigenvalue weighted by Crippen LogP contribution is 2.32. The van der Waals surface area contributed by atoms with Crippen LogP contribution in [0.4, 0.5) is 5.95 Å². The van der Waals surface area contributed by atoms with Gasteiger partial charge in [-0.3, -0.25) is 0 Å². The summed E-state index contributed by atoms with van der Waals surface area (Å²) in [6.07, 6.45) is 3.87. The SMILES string of the molecule is CC1=C[C@@H](O)C[C@H]1n1cnc2c(C)nc(N)nc21. The molecule has 0 aliphatic heterocycles. The number of nitrogens with two attached hydrogens (primary N) is 1. The fraction of sp³-hybridized carbons (Fsp3) is 0.417. The van der Waals surface area contributed by atoms with Crippen LogP contribution in [0.5, 0.6) is 0 Å². The maximum Gasteiger partial charge on any atom is 0.222 e. The number of nitrogen functional groups attached to an aromatic ring is 1. The van der Waals surface area contributed by atoms with E-state index in [0.29, 0.717) is 6.42 Å². The molecule has 3 N–H and O–H groups in total. The highest BCUT2D eigenvalue weighted by Gasteiger charge is 2.25. The molecule has 0 aromatic carbocycles. The zero-order valence-corrected chi connectivity index (χ0v) is 10.3. The number of fused-ring (bicyclic) bond motifs is 1. The summed E-state index contributed by atoms with van der Waals surface area (Å²) in [5.74, 6) is 0.252. The van der Waals surface area contributed by atoms with Crippen LogP contribution in [0.1, 0.15) is 25.1 Å². The van der Waals surface area contributed by atoms with Gasteiger partial charge in [0.1, 0.15) is 5.52 Å². The van der Waals surface area contributed by atoms with Gasteiger partial charge in [-0.15, -0.1) is 0 Å². The number of nitrogens with zero attached hydrogens (tertiary/aromatic N) is 4. The predicted octanol–water partition coefficient (Wildman–Crippen LogP) is 0.969. The average molecular weight is 245 g/mol. The second kappa shape index (κ2) is 3.78. The maximum absolute atomic E-state index is 9.68. The molecule has 2 heterocycles. The van der Waals surface area contributed by atoms with Crippen molar-refractivity contribution < 1.29 is 5.11 Å². The first-order chi connectivity index (χ1) is 8.56. The molecule has 6 nitrogen and oxygen atoms in total. The van der Waals surface area contributed by atoms with Gasteiger partial charge in [0.15, 0.2) is 5.65 Å². The van der Waals surface area contributed by atoms with Gasteiger partial charge in [0, 0.05) is 6.42 Å². The quantitative estimate of drug-likeness (QED) is 0.731. The lowest BCUT2D eigenvalue weighted by Gasteiger charge is -2.14. The molecule has 1 aliphatic carbocycles. The van der Waals surface area contributed by atoms with Crippen LogP contribution in [0.2, 0.25) is 0 Å². The van der Waals surface area contributed by atoms with Gasteiger partial charge in [0.2, 0.25) is 5.95 Å². The van der Waals surface area contributed by atoms with Crippen LogP contribution >= 0.6 is 0 Å². The van der Waals surface area contributed by atoms with Crippen LogP contribution in [-0.4, -0.2) is 30.7 Å². The molecule has 3 rings (SSSR count). The Balaban J connectivity index is 2.17. The van der Waals surface area contributed by atoms with Gasteiger partial charge in [-0.25, -0.2) is 9.97 Å². The summed E-state index contributed by atoms with van der Waals surface area (Å²) < 4.78 is 1.96. The van der Waals surface area contributed by atoms with Crippen LogP contribution in [0.3, 0.4) is 0 Å². The fourth-order valence-electron chi connectivity index (χ4n) is 2.54. The van der Waals surface area contributed by atoms with Crippen molar-refractivity contribution in [3.63, 3.8) is 0 Å². The number of anilines is 1. The van der Waals surface area contributed by atoms with Crippen LogP contribution in [0.15, 0.2) is 18.0 Å². The Morgan fingerprint density at radius 3 is 2.83 bits per heavy atom. The first-order valence-electron chi connectivity index (χ1n) is 5.89. The van der Waals surface area contributed by atoms with E-state index in [-0.39, 0.29) is 12.0 Å². The highest BCUT2D eigenvalue weighted by atomic mass is 16.3. The molecule has 2 aromatic heterocycles. The standard InChI is InChI=1S/C12H15N5O/c1-6-3-8(18)4-9(6)17-5-14-10-7(2)15-12(13)16-11(10)17/h3,5,8-9,18H,4H2,1-2H3,(H2,13,15,16)/t8-,9-/m1/s1. The van der Waals surface area contributed by atoms with Crippen molar-refractivity contribution in [3.05, 3.63) is 23.7 Å². The fourth-order valence-corrected chi connectivity index (χ4v) is 2.54. The third-order valence-electron chi connectivity index (χ3n) is 3.39. The lowest BCUT2D eigenvalue weighted by Crippen LogP contribution is -2.10. The summed E-state index contributed by atoms with van der Waals surface area (Å²) in [6.45, 7) is 3.87. The smallest absolute Gasteiger partial charge is 0.222 e. The van der Waals surface area contributed by atoms with E-state index in [4.69, 9.17) is 5.73 Å². The van der Waals surface area contributed by atoms with Gasteiger partial charge in [0.05, 0.1) is 24.2 Å².